The molecule has 124 valence electrons. The van der Waals surface area contributed by atoms with E-state index >= 15 is 0 Å². The maximum atomic E-state index is 11.9. The van der Waals surface area contributed by atoms with Gasteiger partial charge < -0.3 is 4.98 Å². The lowest BCUT2D eigenvalue weighted by Gasteiger charge is -2.40. The smallest absolute Gasteiger partial charge is 0.305 e. The normalized spacial score (nSPS) is 33.2. The minimum Gasteiger partial charge on any atom is -0.307 e. The molecule has 2 saturated carbocycles. The average Bonchev–Trinajstić information content (AvgIpc) is 3.26. The topological polar surface area (TPSA) is 76.0 Å². The second-order valence-corrected chi connectivity index (χ2v) is 9.23. The molecule has 0 radical (unpaired) electrons. The fraction of sp³-hybridized carbons (Fsp3) is 0.471. The molecular weight excluding hydrogens is 344 g/mol. The molecule has 1 aromatic carbocycles. The van der Waals surface area contributed by atoms with Gasteiger partial charge >= 0.3 is 4.87 Å². The first-order valence-electron chi connectivity index (χ1n) is 8.26. The molecule has 2 bridgehead atoms. The quantitative estimate of drug-likeness (QED) is 0.649. The zero-order valence-corrected chi connectivity index (χ0v) is 14.4. The van der Waals surface area contributed by atoms with Crippen molar-refractivity contribution < 1.29 is 4.92 Å². The van der Waals surface area contributed by atoms with Crippen molar-refractivity contribution in [1.29, 1.82) is 0 Å². The second kappa shape index (κ2) is 5.20. The Morgan fingerprint density at radius 1 is 1.25 bits per heavy atom. The highest BCUT2D eigenvalue weighted by molar-refractivity contribution is 8.00. The Bertz CT molecular complexity index is 890. The third-order valence-electron chi connectivity index (χ3n) is 5.91. The van der Waals surface area contributed by atoms with Crippen molar-refractivity contribution >= 4 is 28.8 Å². The van der Waals surface area contributed by atoms with Crippen molar-refractivity contribution in [2.45, 2.75) is 35.5 Å². The first-order chi connectivity index (χ1) is 11.6. The van der Waals surface area contributed by atoms with Gasteiger partial charge in [-0.2, -0.15) is 0 Å². The number of rotatable bonds is 2. The molecule has 1 aromatic heterocycles. The van der Waals surface area contributed by atoms with E-state index in [1.165, 1.54) is 30.6 Å². The summed E-state index contributed by atoms with van der Waals surface area (Å²) in [4.78, 5) is 26.9. The summed E-state index contributed by atoms with van der Waals surface area (Å²) in [5, 5.41) is 12.7. The van der Waals surface area contributed by atoms with Gasteiger partial charge in [-0.25, -0.2) is 0 Å². The van der Waals surface area contributed by atoms with Crippen LogP contribution in [-0.4, -0.2) is 15.2 Å². The molecule has 2 aliphatic carbocycles. The highest BCUT2D eigenvalue weighted by Crippen LogP contribution is 2.63. The first-order valence-corrected chi connectivity index (χ1v) is 9.95. The van der Waals surface area contributed by atoms with Crippen LogP contribution in [0.1, 0.15) is 35.6 Å². The highest BCUT2D eigenvalue weighted by atomic mass is 32.2. The van der Waals surface area contributed by atoms with Crippen LogP contribution in [0.5, 0.6) is 0 Å². The summed E-state index contributed by atoms with van der Waals surface area (Å²) in [6.45, 7) is 0. The minimum atomic E-state index is -0.333. The van der Waals surface area contributed by atoms with Crippen molar-refractivity contribution in [3.8, 4) is 0 Å². The number of nitrogens with one attached hydrogen (secondary N) is 1. The number of aromatic nitrogens is 1. The summed E-state index contributed by atoms with van der Waals surface area (Å²) in [6.07, 6.45) is 3.81. The van der Waals surface area contributed by atoms with Crippen LogP contribution in [0.4, 0.5) is 5.69 Å². The van der Waals surface area contributed by atoms with Crippen LogP contribution in [0.2, 0.25) is 0 Å². The Labute approximate surface area is 146 Å². The Morgan fingerprint density at radius 3 is 2.92 bits per heavy atom. The summed E-state index contributed by atoms with van der Waals surface area (Å²) >= 11 is 3.12. The van der Waals surface area contributed by atoms with E-state index in [2.05, 4.69) is 4.98 Å². The third-order valence-corrected chi connectivity index (χ3v) is 8.53. The molecular formula is C17H16N2O3S2. The molecule has 0 spiro atoms. The van der Waals surface area contributed by atoms with Gasteiger partial charge in [-0.05, 0) is 42.6 Å². The lowest BCUT2D eigenvalue weighted by atomic mass is 9.75. The standard InChI is InChI=1S/C17H16N2O3S2/c20-17-18-16-15(24-17)13(8-2-1-3-11(7-8)19(21)22)12-9-4-5-10(6-9)14(12)23-16/h1-3,7,9-10,12-14H,4-6H2,(H,18,20)/t9-,10-,12-,13-,14-/m0/s1. The van der Waals surface area contributed by atoms with Crippen LogP contribution in [0.3, 0.4) is 0 Å². The third kappa shape index (κ3) is 2.04. The largest absolute Gasteiger partial charge is 0.307 e. The van der Waals surface area contributed by atoms with E-state index in [1.54, 1.807) is 18.2 Å². The van der Waals surface area contributed by atoms with E-state index in [1.807, 2.05) is 17.8 Å². The predicted octanol–water partition coefficient (Wildman–Crippen LogP) is 4.00. The van der Waals surface area contributed by atoms with Gasteiger partial charge in [0.05, 0.1) is 9.95 Å². The number of aromatic amines is 1. The number of thioether (sulfide) groups is 1. The number of thiazole rings is 1. The summed E-state index contributed by atoms with van der Waals surface area (Å²) in [6, 6.07) is 7.01. The molecule has 0 saturated heterocycles. The summed E-state index contributed by atoms with van der Waals surface area (Å²) in [5.74, 6) is 2.02. The van der Waals surface area contributed by atoms with Crippen LogP contribution >= 0.6 is 23.1 Å². The number of fused-ring (bicyclic) bond motifs is 6. The molecule has 5 rings (SSSR count). The number of nitro benzene ring substituents is 1. The lowest BCUT2D eigenvalue weighted by molar-refractivity contribution is -0.384. The Kier molecular flexibility index (Phi) is 3.19. The van der Waals surface area contributed by atoms with E-state index in [4.69, 9.17) is 0 Å². The van der Waals surface area contributed by atoms with Crippen molar-refractivity contribution in [3.63, 3.8) is 0 Å². The Hall–Kier alpha value is -1.60. The van der Waals surface area contributed by atoms with Gasteiger partial charge in [-0.15, -0.1) is 11.8 Å². The van der Waals surface area contributed by atoms with Gasteiger partial charge in [0.2, 0.25) is 0 Å². The second-order valence-electron chi connectivity index (χ2n) is 7.03. The van der Waals surface area contributed by atoms with Gasteiger partial charge in [0, 0.05) is 28.2 Å². The maximum Gasteiger partial charge on any atom is 0.305 e. The number of non-ortho nitro benzene ring substituents is 1. The molecule has 5 atom stereocenters. The van der Waals surface area contributed by atoms with Crippen LogP contribution in [0, 0.1) is 27.9 Å². The molecule has 2 fully saturated rings. The molecule has 7 heteroatoms. The molecule has 0 unspecified atom stereocenters. The van der Waals surface area contributed by atoms with Gasteiger partial charge in [-0.1, -0.05) is 23.5 Å². The number of hydrogen-bond donors (Lipinski definition) is 1. The van der Waals surface area contributed by atoms with Crippen LogP contribution in [0.25, 0.3) is 0 Å². The zero-order chi connectivity index (χ0) is 16.4. The van der Waals surface area contributed by atoms with Crippen molar-refractivity contribution in [1.82, 2.24) is 4.98 Å². The number of H-pyrrole nitrogens is 1. The van der Waals surface area contributed by atoms with Crippen molar-refractivity contribution in [2.24, 2.45) is 17.8 Å². The predicted molar refractivity (Wildman–Crippen MR) is 93.8 cm³/mol. The van der Waals surface area contributed by atoms with E-state index in [0.29, 0.717) is 17.1 Å². The summed E-state index contributed by atoms with van der Waals surface area (Å²) in [7, 11) is 0. The van der Waals surface area contributed by atoms with Gasteiger partial charge in [0.1, 0.15) is 0 Å². The van der Waals surface area contributed by atoms with Crippen LogP contribution < -0.4 is 4.87 Å². The van der Waals surface area contributed by atoms with Crippen molar-refractivity contribution in [3.05, 3.63) is 54.5 Å². The van der Waals surface area contributed by atoms with E-state index in [9.17, 15) is 14.9 Å². The molecule has 1 aliphatic heterocycles. The van der Waals surface area contributed by atoms with E-state index in [0.717, 1.165) is 21.4 Å². The number of nitrogens with zero attached hydrogens (tertiary/aromatic N) is 1. The fourth-order valence-electron chi connectivity index (χ4n) is 5.05. The Morgan fingerprint density at radius 2 is 2.08 bits per heavy atom. The van der Waals surface area contributed by atoms with Crippen molar-refractivity contribution in [2.75, 3.05) is 0 Å². The molecule has 1 N–H and O–H groups in total. The first kappa shape index (κ1) is 14.7. The zero-order valence-electron chi connectivity index (χ0n) is 12.8. The van der Waals surface area contributed by atoms with Gasteiger partial charge in [-0.3, -0.25) is 14.9 Å². The average molecular weight is 360 g/mol. The fourth-order valence-corrected chi connectivity index (χ4v) is 7.95. The molecule has 5 nitrogen and oxygen atoms in total. The van der Waals surface area contributed by atoms with Gasteiger partial charge in [0.25, 0.3) is 5.69 Å². The molecule has 24 heavy (non-hydrogen) atoms. The number of nitro groups is 1. The van der Waals surface area contributed by atoms with Crippen LogP contribution in [-0.2, 0) is 0 Å². The lowest BCUT2D eigenvalue weighted by Crippen LogP contribution is -2.33. The SMILES string of the molecule is O=c1[nH]c2c(s1)[C@@H](c1cccc([N+](=O)[O-])c1)[C@@H]1[C@H]3CC[C@@H](C3)[C@@H]1S2. The molecule has 0 amide bonds. The molecule has 3 aliphatic rings. The Balaban J connectivity index is 1.68. The maximum absolute atomic E-state index is 11.9. The monoisotopic (exact) mass is 360 g/mol. The van der Waals surface area contributed by atoms with E-state index < -0.39 is 0 Å². The summed E-state index contributed by atoms with van der Waals surface area (Å²) < 4.78 is 0. The highest BCUT2D eigenvalue weighted by Gasteiger charge is 2.54. The molecule has 2 heterocycles. The minimum absolute atomic E-state index is 0.0183. The van der Waals surface area contributed by atoms with E-state index in [-0.39, 0.29) is 21.4 Å². The van der Waals surface area contributed by atoms with Gasteiger partial charge in [0.15, 0.2) is 0 Å². The molecule has 2 aromatic rings. The number of benzene rings is 1. The summed E-state index contributed by atoms with van der Waals surface area (Å²) in [5.41, 5.74) is 1.12. The van der Waals surface area contributed by atoms with Crippen LogP contribution in [0.15, 0.2) is 34.1 Å². The number of hydrogen-bond acceptors (Lipinski definition) is 5.